The van der Waals surface area contributed by atoms with Crippen LogP contribution in [0.4, 0.5) is 0 Å². The van der Waals surface area contributed by atoms with Gasteiger partial charge in [0.25, 0.3) is 0 Å². The monoisotopic (exact) mass is 216 g/mol. The van der Waals surface area contributed by atoms with Crippen LogP contribution >= 0.6 is 11.3 Å². The molecule has 0 atom stereocenters. The summed E-state index contributed by atoms with van der Waals surface area (Å²) < 4.78 is 65.1. The zero-order valence-corrected chi connectivity index (χ0v) is 8.22. The molecule has 0 aliphatic carbocycles. The van der Waals surface area contributed by atoms with E-state index in [9.17, 15) is 0 Å². The molecule has 0 radical (unpaired) electrons. The van der Waals surface area contributed by atoms with Gasteiger partial charge < -0.3 is 0 Å². The van der Waals surface area contributed by atoms with Crippen molar-refractivity contribution in [3.63, 3.8) is 0 Å². The van der Waals surface area contributed by atoms with Gasteiger partial charge in [0.05, 0.1) is 11.0 Å². The van der Waals surface area contributed by atoms with Crippen molar-refractivity contribution in [3.8, 4) is 0 Å². The Morgan fingerprint density at radius 3 is 1.80 bits per heavy atom. The van der Waals surface area contributed by atoms with Crippen molar-refractivity contribution in [1.29, 1.82) is 0 Å². The summed E-state index contributed by atoms with van der Waals surface area (Å²) in [6.45, 7) is 0. The summed E-state index contributed by atoms with van der Waals surface area (Å²) >= 11 is 1.06. The largest absolute Gasteiger partial charge is 0.135 e. The van der Waals surface area contributed by atoms with E-state index in [4.69, 9.17) is 11.0 Å². The second-order valence-electron chi connectivity index (χ2n) is 3.26. The highest BCUT2D eigenvalue weighted by atomic mass is 32.1. The lowest BCUT2D eigenvalue weighted by atomic mass is 10.0. The molecule has 0 aliphatic rings. The molecule has 1 aromatic heterocycles. The molecule has 0 unspecified atom stereocenters. The Bertz CT molecular complexity index is 1060. The molecule has 1 heterocycles. The van der Waals surface area contributed by atoms with Crippen molar-refractivity contribution in [2.45, 2.75) is 0 Å². The van der Waals surface area contributed by atoms with Crippen LogP contribution in [0.1, 0.15) is 11.0 Å². The SMILES string of the molecule is [2H]c1c([2H])c2sc3c([2H])c([2H])c([2H])c4c([2H])c([2H])c(c1[2H])c2c34. The average molecular weight is 216 g/mol. The molecule has 0 saturated carbocycles. The Labute approximate surface area is 102 Å². The summed E-state index contributed by atoms with van der Waals surface area (Å²) in [5.74, 6) is 0. The van der Waals surface area contributed by atoms with Gasteiger partial charge in [0.15, 0.2) is 0 Å². The van der Waals surface area contributed by atoms with Crippen LogP contribution in [0.2, 0.25) is 0 Å². The molecule has 0 spiro atoms. The van der Waals surface area contributed by atoms with Crippen LogP contribution in [-0.2, 0) is 0 Å². The Hall–Kier alpha value is -1.60. The molecular formula is C14H8S. The summed E-state index contributed by atoms with van der Waals surface area (Å²) in [6, 6.07) is -2.05. The third-order valence-corrected chi connectivity index (χ3v) is 3.47. The van der Waals surface area contributed by atoms with Gasteiger partial charge in [0.1, 0.15) is 0 Å². The van der Waals surface area contributed by atoms with Gasteiger partial charge in [-0.05, 0) is 22.9 Å². The molecule has 4 rings (SSSR count). The predicted octanol–water partition coefficient (Wildman–Crippen LogP) is 4.65. The lowest BCUT2D eigenvalue weighted by Gasteiger charge is -2.00. The van der Waals surface area contributed by atoms with Crippen molar-refractivity contribution in [2.24, 2.45) is 0 Å². The standard InChI is InChI=1S/C14H8S/c1-3-9-7-8-10-4-2-6-12-14(10)13(9)11(5-1)15-12/h1-8H/i1D,2D,3D,4D,5D,6D,7D,8D. The fraction of sp³-hybridized carbons (Fsp3) is 0. The second kappa shape index (κ2) is 2.50. The van der Waals surface area contributed by atoms with Crippen molar-refractivity contribution >= 4 is 42.3 Å². The van der Waals surface area contributed by atoms with E-state index in [0.29, 0.717) is 20.2 Å². The molecular weight excluding hydrogens is 200 g/mol. The van der Waals surface area contributed by atoms with Crippen LogP contribution in [0.15, 0.2) is 48.3 Å². The highest BCUT2D eigenvalue weighted by Crippen LogP contribution is 2.39. The van der Waals surface area contributed by atoms with E-state index in [-0.39, 0.29) is 59.1 Å². The van der Waals surface area contributed by atoms with Gasteiger partial charge in [-0.2, -0.15) is 0 Å². The molecule has 0 fully saturated rings. The predicted molar refractivity (Wildman–Crippen MR) is 68.0 cm³/mol. The van der Waals surface area contributed by atoms with Gasteiger partial charge >= 0.3 is 0 Å². The topological polar surface area (TPSA) is 0 Å². The first-order chi connectivity index (χ1) is 10.8. The van der Waals surface area contributed by atoms with E-state index in [0.717, 1.165) is 11.3 Å². The molecule has 0 amide bonds. The van der Waals surface area contributed by atoms with Gasteiger partial charge in [-0.3, -0.25) is 0 Å². The van der Waals surface area contributed by atoms with Crippen molar-refractivity contribution in [1.82, 2.24) is 0 Å². The molecule has 4 aromatic rings. The van der Waals surface area contributed by atoms with Gasteiger partial charge in [0.2, 0.25) is 0 Å². The summed E-state index contributed by atoms with van der Waals surface area (Å²) in [5, 5.41) is 1.02. The Morgan fingerprint density at radius 2 is 1.27 bits per heavy atom. The van der Waals surface area contributed by atoms with Crippen LogP contribution in [0, 0.1) is 0 Å². The number of hydrogen-bond donors (Lipinski definition) is 0. The highest BCUT2D eigenvalue weighted by molar-refractivity contribution is 7.26. The van der Waals surface area contributed by atoms with E-state index in [1.54, 1.807) is 0 Å². The number of thiophene rings is 1. The number of rotatable bonds is 0. The number of benzene rings is 3. The third-order valence-electron chi connectivity index (χ3n) is 2.45. The maximum Gasteiger partial charge on any atom is 0.0638 e. The van der Waals surface area contributed by atoms with Gasteiger partial charge in [-0.1, -0.05) is 36.3 Å². The van der Waals surface area contributed by atoms with Crippen LogP contribution < -0.4 is 0 Å². The minimum absolute atomic E-state index is 0.112. The maximum atomic E-state index is 8.17. The average Bonchev–Trinajstić information content (AvgIpc) is 2.90. The van der Waals surface area contributed by atoms with Crippen molar-refractivity contribution < 1.29 is 11.0 Å². The van der Waals surface area contributed by atoms with Crippen LogP contribution in [0.3, 0.4) is 0 Å². The van der Waals surface area contributed by atoms with Crippen LogP contribution in [0.5, 0.6) is 0 Å². The fourth-order valence-electron chi connectivity index (χ4n) is 1.82. The molecule has 0 nitrogen and oxygen atoms in total. The molecule has 1 heteroatoms. The molecule has 3 aromatic carbocycles. The zero-order valence-electron chi connectivity index (χ0n) is 15.4. The molecule has 0 aliphatic heterocycles. The number of hydrogen-bond acceptors (Lipinski definition) is 1. The minimum atomic E-state index is -0.316. The maximum absolute atomic E-state index is 8.17. The van der Waals surface area contributed by atoms with E-state index in [2.05, 4.69) is 0 Å². The minimum Gasteiger partial charge on any atom is -0.135 e. The summed E-state index contributed by atoms with van der Waals surface area (Å²) in [7, 11) is 0. The van der Waals surface area contributed by atoms with Crippen LogP contribution in [-0.4, -0.2) is 0 Å². The highest BCUT2D eigenvalue weighted by Gasteiger charge is 2.09. The third kappa shape index (κ3) is 0.864. The first kappa shape index (κ1) is 3.46. The van der Waals surface area contributed by atoms with Gasteiger partial charge in [-0.15, -0.1) is 11.3 Å². The second-order valence-corrected chi connectivity index (χ2v) is 4.28. The Balaban J connectivity index is 2.55. The first-order valence-electron chi connectivity index (χ1n) is 8.41. The Morgan fingerprint density at radius 1 is 0.733 bits per heavy atom. The normalized spacial score (nSPS) is 19.5. The van der Waals surface area contributed by atoms with Gasteiger partial charge in [-0.25, -0.2) is 0 Å². The molecule has 0 N–H and O–H groups in total. The summed E-state index contributed by atoms with van der Waals surface area (Å²) in [5.41, 5.74) is 0. The Kier molecular flexibility index (Phi) is 0.576. The smallest absolute Gasteiger partial charge is 0.0638 e. The van der Waals surface area contributed by atoms with E-state index >= 15 is 0 Å². The fourth-order valence-corrected chi connectivity index (χ4v) is 2.84. The lowest BCUT2D eigenvalue weighted by Crippen LogP contribution is -1.74. The van der Waals surface area contributed by atoms with E-state index < -0.39 is 0 Å². The van der Waals surface area contributed by atoms with Gasteiger partial charge in [0, 0.05) is 20.2 Å². The zero-order chi connectivity index (χ0) is 16.8. The van der Waals surface area contributed by atoms with Crippen molar-refractivity contribution in [2.75, 3.05) is 0 Å². The molecule has 0 bridgehead atoms. The van der Waals surface area contributed by atoms with E-state index in [1.165, 1.54) is 0 Å². The lowest BCUT2D eigenvalue weighted by molar-refractivity contribution is 1.85. The van der Waals surface area contributed by atoms with Crippen LogP contribution in [0.25, 0.3) is 30.9 Å². The quantitative estimate of drug-likeness (QED) is 0.375. The molecule has 15 heavy (non-hydrogen) atoms. The molecule has 70 valence electrons. The van der Waals surface area contributed by atoms with E-state index in [1.807, 2.05) is 0 Å². The van der Waals surface area contributed by atoms with Crippen molar-refractivity contribution in [3.05, 3.63) is 48.3 Å². The summed E-state index contributed by atoms with van der Waals surface area (Å²) in [6.07, 6.45) is 0. The first-order valence-corrected chi connectivity index (χ1v) is 5.22. The molecule has 0 saturated heterocycles. The summed E-state index contributed by atoms with van der Waals surface area (Å²) in [4.78, 5) is 0.